The Hall–Kier alpha value is -0.970. The zero-order valence-corrected chi connectivity index (χ0v) is 11.1. The van der Waals surface area contributed by atoms with E-state index < -0.39 is 11.7 Å². The van der Waals surface area contributed by atoms with Gasteiger partial charge in [-0.3, -0.25) is 0 Å². The molecule has 0 saturated heterocycles. The molecular weight excluding hydrogens is 277 g/mol. The quantitative estimate of drug-likeness (QED) is 0.840. The Kier molecular flexibility index (Phi) is 4.55. The zero-order chi connectivity index (χ0) is 13.9. The molecule has 2 nitrogen and oxygen atoms in total. The van der Waals surface area contributed by atoms with Gasteiger partial charge in [0.2, 0.25) is 0 Å². The van der Waals surface area contributed by atoms with Gasteiger partial charge < -0.3 is 5.32 Å². The first-order chi connectivity index (χ1) is 9.02. The van der Waals surface area contributed by atoms with Crippen molar-refractivity contribution in [1.82, 2.24) is 4.98 Å². The number of hydrogen-bond donors (Lipinski definition) is 1. The minimum absolute atomic E-state index is 0.0257. The van der Waals surface area contributed by atoms with E-state index in [1.54, 1.807) is 0 Å². The van der Waals surface area contributed by atoms with Crippen LogP contribution in [0.2, 0.25) is 0 Å². The first-order valence-corrected chi connectivity index (χ1v) is 6.90. The van der Waals surface area contributed by atoms with E-state index in [0.29, 0.717) is 5.88 Å². The Bertz CT molecular complexity index is 423. The molecule has 106 valence electrons. The van der Waals surface area contributed by atoms with Gasteiger partial charge in [-0.25, -0.2) is 4.98 Å². The molecule has 1 aliphatic carbocycles. The van der Waals surface area contributed by atoms with Crippen LogP contribution in [-0.2, 0) is 6.18 Å². The number of pyridine rings is 1. The normalized spacial score (nSPS) is 24.2. The van der Waals surface area contributed by atoms with Crippen LogP contribution in [0.25, 0.3) is 0 Å². The summed E-state index contributed by atoms with van der Waals surface area (Å²) < 4.78 is 38.6. The van der Waals surface area contributed by atoms with Gasteiger partial charge in [0, 0.05) is 18.1 Å². The van der Waals surface area contributed by atoms with Crippen LogP contribution in [0.4, 0.5) is 19.0 Å². The van der Waals surface area contributed by atoms with Crippen LogP contribution < -0.4 is 5.32 Å². The van der Waals surface area contributed by atoms with Crippen LogP contribution >= 0.6 is 11.6 Å². The highest BCUT2D eigenvalue weighted by atomic mass is 35.5. The lowest BCUT2D eigenvalue weighted by atomic mass is 9.85. The molecular formula is C13H16ClF3N2. The molecule has 1 aliphatic rings. The van der Waals surface area contributed by atoms with E-state index in [2.05, 4.69) is 10.3 Å². The lowest BCUT2D eigenvalue weighted by Gasteiger charge is -2.31. The van der Waals surface area contributed by atoms with Crippen molar-refractivity contribution in [2.45, 2.75) is 37.9 Å². The van der Waals surface area contributed by atoms with Crippen LogP contribution in [0.1, 0.15) is 31.2 Å². The molecule has 19 heavy (non-hydrogen) atoms. The predicted molar refractivity (Wildman–Crippen MR) is 69.3 cm³/mol. The molecule has 0 bridgehead atoms. The fourth-order valence-corrected chi connectivity index (χ4v) is 2.88. The molecule has 0 aromatic carbocycles. The lowest BCUT2D eigenvalue weighted by Crippen LogP contribution is -2.34. The lowest BCUT2D eigenvalue weighted by molar-refractivity contribution is -0.137. The number of hydrogen-bond acceptors (Lipinski definition) is 2. The molecule has 0 radical (unpaired) electrons. The van der Waals surface area contributed by atoms with Crippen LogP contribution in [0, 0.1) is 5.92 Å². The maximum Gasteiger partial charge on any atom is 0.419 e. The maximum atomic E-state index is 12.9. The average molecular weight is 293 g/mol. The maximum absolute atomic E-state index is 12.9. The van der Waals surface area contributed by atoms with Crippen molar-refractivity contribution in [3.8, 4) is 0 Å². The van der Waals surface area contributed by atoms with Crippen molar-refractivity contribution in [3.63, 3.8) is 0 Å². The van der Waals surface area contributed by atoms with Gasteiger partial charge in [0.25, 0.3) is 0 Å². The molecule has 0 spiro atoms. The summed E-state index contributed by atoms with van der Waals surface area (Å²) in [7, 11) is 0. The Morgan fingerprint density at radius 3 is 2.74 bits per heavy atom. The topological polar surface area (TPSA) is 24.9 Å². The Morgan fingerprint density at radius 2 is 2.05 bits per heavy atom. The number of aromatic nitrogens is 1. The minimum atomic E-state index is -4.39. The molecule has 2 rings (SSSR count). The number of halogens is 4. The van der Waals surface area contributed by atoms with Gasteiger partial charge in [-0.1, -0.05) is 12.8 Å². The van der Waals surface area contributed by atoms with Crippen molar-refractivity contribution >= 4 is 17.4 Å². The number of anilines is 1. The first-order valence-electron chi connectivity index (χ1n) is 6.37. The molecule has 1 N–H and O–H groups in total. The van der Waals surface area contributed by atoms with Gasteiger partial charge in [-0.2, -0.15) is 13.2 Å². The van der Waals surface area contributed by atoms with Gasteiger partial charge in [-0.15, -0.1) is 11.6 Å². The monoisotopic (exact) mass is 292 g/mol. The van der Waals surface area contributed by atoms with E-state index in [4.69, 9.17) is 11.6 Å². The third-order valence-electron chi connectivity index (χ3n) is 3.54. The Labute approximate surface area is 115 Å². The second-order valence-electron chi connectivity index (χ2n) is 4.85. The highest BCUT2D eigenvalue weighted by Gasteiger charge is 2.35. The van der Waals surface area contributed by atoms with Crippen molar-refractivity contribution in [2.24, 2.45) is 5.92 Å². The fraction of sp³-hybridized carbons (Fsp3) is 0.615. The van der Waals surface area contributed by atoms with Gasteiger partial charge in [0.1, 0.15) is 5.82 Å². The van der Waals surface area contributed by atoms with E-state index >= 15 is 0 Å². The summed E-state index contributed by atoms with van der Waals surface area (Å²) in [5, 5.41) is 2.94. The summed E-state index contributed by atoms with van der Waals surface area (Å²) >= 11 is 5.89. The van der Waals surface area contributed by atoms with Gasteiger partial charge in [0.05, 0.1) is 5.56 Å². The molecule has 6 heteroatoms. The van der Waals surface area contributed by atoms with Crippen LogP contribution in [0.5, 0.6) is 0 Å². The number of nitrogens with zero attached hydrogens (tertiary/aromatic N) is 1. The fourth-order valence-electron chi connectivity index (χ4n) is 2.51. The van der Waals surface area contributed by atoms with Crippen molar-refractivity contribution in [3.05, 3.63) is 23.9 Å². The predicted octanol–water partition coefficient (Wildman–Crippen LogP) is 4.31. The Morgan fingerprint density at radius 1 is 1.32 bits per heavy atom. The van der Waals surface area contributed by atoms with Crippen molar-refractivity contribution in [2.75, 3.05) is 11.2 Å². The second-order valence-corrected chi connectivity index (χ2v) is 5.16. The van der Waals surface area contributed by atoms with Crippen molar-refractivity contribution < 1.29 is 13.2 Å². The van der Waals surface area contributed by atoms with Gasteiger partial charge in [0.15, 0.2) is 0 Å². The van der Waals surface area contributed by atoms with E-state index in [0.717, 1.165) is 31.7 Å². The van der Waals surface area contributed by atoms with E-state index in [1.807, 2.05) is 0 Å². The van der Waals surface area contributed by atoms with Crippen LogP contribution in [-0.4, -0.2) is 16.9 Å². The average Bonchev–Trinajstić information content (AvgIpc) is 2.39. The Balaban J connectivity index is 2.18. The zero-order valence-electron chi connectivity index (χ0n) is 10.4. The molecule has 2 unspecified atom stereocenters. The molecule has 0 aliphatic heterocycles. The smallest absolute Gasteiger partial charge is 0.367 e. The summed E-state index contributed by atoms with van der Waals surface area (Å²) in [5.74, 6) is 0.585. The van der Waals surface area contributed by atoms with Crippen molar-refractivity contribution in [1.29, 1.82) is 0 Å². The molecule has 1 aromatic heterocycles. The van der Waals surface area contributed by atoms with E-state index in [9.17, 15) is 13.2 Å². The molecule has 1 heterocycles. The molecule has 1 fully saturated rings. The number of alkyl halides is 4. The molecule has 0 amide bonds. The summed E-state index contributed by atoms with van der Waals surface area (Å²) in [6.07, 6.45) is 0.877. The third kappa shape index (κ3) is 3.53. The highest BCUT2D eigenvalue weighted by molar-refractivity contribution is 6.18. The van der Waals surface area contributed by atoms with Crippen LogP contribution in [0.3, 0.4) is 0 Å². The first kappa shape index (κ1) is 14.4. The summed E-state index contributed by atoms with van der Waals surface area (Å²) in [6.45, 7) is 0. The van der Waals surface area contributed by atoms with Gasteiger partial charge >= 0.3 is 6.18 Å². The largest absolute Gasteiger partial charge is 0.419 e. The number of nitrogens with one attached hydrogen (secondary N) is 1. The summed E-state index contributed by atoms with van der Waals surface area (Å²) in [4.78, 5) is 3.83. The summed E-state index contributed by atoms with van der Waals surface area (Å²) in [6, 6.07) is 2.32. The third-order valence-corrected chi connectivity index (χ3v) is 3.94. The SMILES string of the molecule is FC(F)(F)c1cccnc1NC1CCCCC1CCl. The van der Waals surface area contributed by atoms with E-state index in [1.165, 1.54) is 12.3 Å². The van der Waals surface area contributed by atoms with Gasteiger partial charge in [-0.05, 0) is 30.9 Å². The standard InChI is InChI=1S/C13H16ClF3N2/c14-8-9-4-1-2-6-11(9)19-12-10(13(15,16)17)5-3-7-18-12/h3,5,7,9,11H,1-2,4,6,8H2,(H,18,19). The number of rotatable bonds is 3. The molecule has 1 saturated carbocycles. The molecule has 2 atom stereocenters. The van der Waals surface area contributed by atoms with E-state index in [-0.39, 0.29) is 17.8 Å². The molecule has 1 aromatic rings. The minimum Gasteiger partial charge on any atom is -0.367 e. The highest BCUT2D eigenvalue weighted by Crippen LogP contribution is 2.35. The van der Waals surface area contributed by atoms with Crippen LogP contribution in [0.15, 0.2) is 18.3 Å². The summed E-state index contributed by atoms with van der Waals surface area (Å²) in [5.41, 5.74) is -0.714. The second kappa shape index (κ2) is 5.99.